The third kappa shape index (κ3) is 8.04. The van der Waals surface area contributed by atoms with E-state index in [0.29, 0.717) is 17.2 Å². The van der Waals surface area contributed by atoms with E-state index in [1.165, 1.54) is 23.1 Å². The van der Waals surface area contributed by atoms with Gasteiger partial charge in [0, 0.05) is 17.6 Å². The fourth-order valence-electron chi connectivity index (χ4n) is 4.43. The number of sulfonamides is 1. The third-order valence-corrected chi connectivity index (χ3v) is 9.40. The molecule has 0 heterocycles. The van der Waals surface area contributed by atoms with Gasteiger partial charge in [-0.1, -0.05) is 61.3 Å². The summed E-state index contributed by atoms with van der Waals surface area (Å²) in [7, 11) is -2.63. The van der Waals surface area contributed by atoms with Crippen LogP contribution in [0.15, 0.2) is 71.6 Å². The lowest BCUT2D eigenvalue weighted by atomic mass is 10.1. The monoisotopic (exact) mass is 613 g/mol. The molecule has 0 aliphatic rings. The molecule has 226 valence electrons. The number of ether oxygens (including phenoxy) is 1. The van der Waals surface area contributed by atoms with Gasteiger partial charge in [0.15, 0.2) is 0 Å². The van der Waals surface area contributed by atoms with Crippen LogP contribution in [-0.4, -0.2) is 50.9 Å². The van der Waals surface area contributed by atoms with E-state index >= 15 is 0 Å². The number of nitrogens with one attached hydrogen (secondary N) is 1. The van der Waals surface area contributed by atoms with Crippen molar-refractivity contribution in [3.05, 3.63) is 88.4 Å². The van der Waals surface area contributed by atoms with Crippen LogP contribution in [0.5, 0.6) is 5.75 Å². The van der Waals surface area contributed by atoms with Crippen LogP contribution in [0.3, 0.4) is 0 Å². The van der Waals surface area contributed by atoms with E-state index in [2.05, 4.69) is 5.32 Å². The van der Waals surface area contributed by atoms with Gasteiger partial charge in [0.05, 0.1) is 17.7 Å². The van der Waals surface area contributed by atoms with E-state index in [9.17, 15) is 18.0 Å². The second-order valence-corrected chi connectivity index (χ2v) is 12.6. The van der Waals surface area contributed by atoms with E-state index in [1.807, 2.05) is 40.7 Å². The minimum atomic E-state index is -4.18. The molecule has 10 heteroatoms. The summed E-state index contributed by atoms with van der Waals surface area (Å²) in [6, 6.07) is 17.6. The Morgan fingerprint density at radius 2 is 1.67 bits per heavy atom. The second kappa shape index (κ2) is 14.6. The standard InChI is InChI=1S/C32H40ClN3O5S/c1-7-24(5)34-32(38)30(8-2)35(20-25-10-9-11-27(18-25)41-6)31(37)21-36(26-15-14-23(4)29(33)19-26)42(39,40)28-16-12-22(3)13-17-28/h9-19,24,30H,7-8,20-21H2,1-6H3,(H,34,38)/t24-,30-/m0/s1. The average Bonchev–Trinajstić information content (AvgIpc) is 2.97. The quantitative estimate of drug-likeness (QED) is 0.260. The lowest BCUT2D eigenvalue weighted by Crippen LogP contribution is -2.53. The molecule has 0 aliphatic carbocycles. The van der Waals surface area contributed by atoms with E-state index in [0.717, 1.165) is 27.4 Å². The highest BCUT2D eigenvalue weighted by molar-refractivity contribution is 7.92. The first-order valence-corrected chi connectivity index (χ1v) is 15.8. The molecule has 3 aromatic rings. The maximum atomic E-state index is 14.2. The molecule has 0 saturated heterocycles. The van der Waals surface area contributed by atoms with E-state index in [4.69, 9.17) is 16.3 Å². The van der Waals surface area contributed by atoms with Crippen molar-refractivity contribution in [2.45, 2.75) is 71.0 Å². The number of nitrogens with zero attached hydrogens (tertiary/aromatic N) is 2. The molecule has 0 fully saturated rings. The Kier molecular flexibility index (Phi) is 11.4. The van der Waals surface area contributed by atoms with Crippen LogP contribution in [0.4, 0.5) is 5.69 Å². The molecule has 0 unspecified atom stereocenters. The summed E-state index contributed by atoms with van der Waals surface area (Å²) in [4.78, 5) is 29.1. The Bertz CT molecular complexity index is 1490. The van der Waals surface area contributed by atoms with Gasteiger partial charge in [-0.3, -0.25) is 13.9 Å². The molecule has 8 nitrogen and oxygen atoms in total. The van der Waals surface area contributed by atoms with Crippen molar-refractivity contribution in [3.8, 4) is 5.75 Å². The number of rotatable bonds is 13. The van der Waals surface area contributed by atoms with Crippen LogP contribution >= 0.6 is 11.6 Å². The molecule has 0 bridgehead atoms. The number of benzene rings is 3. The Hall–Kier alpha value is -3.56. The molecule has 2 atom stereocenters. The van der Waals surface area contributed by atoms with E-state index < -0.39 is 28.5 Å². The minimum Gasteiger partial charge on any atom is -0.497 e. The molecule has 0 radical (unpaired) electrons. The molecular weight excluding hydrogens is 574 g/mol. The molecule has 42 heavy (non-hydrogen) atoms. The first kappa shape index (κ1) is 32.9. The minimum absolute atomic E-state index is 0.0403. The zero-order valence-corrected chi connectivity index (χ0v) is 26.6. The number of amides is 2. The fourth-order valence-corrected chi connectivity index (χ4v) is 6.01. The van der Waals surface area contributed by atoms with Crippen LogP contribution < -0.4 is 14.4 Å². The van der Waals surface area contributed by atoms with Gasteiger partial charge in [0.25, 0.3) is 10.0 Å². The van der Waals surface area contributed by atoms with Crippen LogP contribution in [0.1, 0.15) is 50.3 Å². The smallest absolute Gasteiger partial charge is 0.264 e. The van der Waals surface area contributed by atoms with Gasteiger partial charge in [-0.05, 0) is 81.1 Å². The lowest BCUT2D eigenvalue weighted by molar-refractivity contribution is -0.140. The summed E-state index contributed by atoms with van der Waals surface area (Å²) in [6.07, 6.45) is 1.06. The van der Waals surface area contributed by atoms with Gasteiger partial charge in [-0.2, -0.15) is 0 Å². The van der Waals surface area contributed by atoms with Gasteiger partial charge < -0.3 is 15.0 Å². The molecule has 3 aromatic carbocycles. The van der Waals surface area contributed by atoms with Gasteiger partial charge in [0.1, 0.15) is 18.3 Å². The van der Waals surface area contributed by atoms with Crippen molar-refractivity contribution in [2.75, 3.05) is 18.0 Å². The second-order valence-electron chi connectivity index (χ2n) is 10.4. The SMILES string of the molecule is CC[C@H](C)NC(=O)[C@H](CC)N(Cc1cccc(OC)c1)C(=O)CN(c1ccc(C)c(Cl)c1)S(=O)(=O)c1ccc(C)cc1. The summed E-state index contributed by atoms with van der Waals surface area (Å²) in [6.45, 7) is 8.91. The molecule has 1 N–H and O–H groups in total. The first-order valence-electron chi connectivity index (χ1n) is 14.0. The number of carbonyl (C=O) groups is 2. The molecule has 0 aliphatic heterocycles. The van der Waals surface area contributed by atoms with Gasteiger partial charge in [0.2, 0.25) is 11.8 Å². The number of hydrogen-bond acceptors (Lipinski definition) is 5. The van der Waals surface area contributed by atoms with E-state index in [-0.39, 0.29) is 29.1 Å². The van der Waals surface area contributed by atoms with Gasteiger partial charge in [-0.15, -0.1) is 0 Å². The molecular formula is C32H40ClN3O5S. The Balaban J connectivity index is 2.09. The molecule has 0 saturated carbocycles. The van der Waals surface area contributed by atoms with Crippen LogP contribution in [0.2, 0.25) is 5.02 Å². The molecule has 3 rings (SSSR count). The highest BCUT2D eigenvalue weighted by Gasteiger charge is 2.34. The topological polar surface area (TPSA) is 96.0 Å². The number of methoxy groups -OCH3 is 1. The molecule has 0 aromatic heterocycles. The highest BCUT2D eigenvalue weighted by Crippen LogP contribution is 2.29. The molecule has 2 amide bonds. The zero-order chi connectivity index (χ0) is 31.0. The number of hydrogen-bond donors (Lipinski definition) is 1. The van der Waals surface area contributed by atoms with Crippen molar-refractivity contribution in [1.29, 1.82) is 0 Å². The highest BCUT2D eigenvalue weighted by atomic mass is 35.5. The van der Waals surface area contributed by atoms with Crippen LogP contribution in [0.25, 0.3) is 0 Å². The Morgan fingerprint density at radius 1 is 0.976 bits per heavy atom. The van der Waals surface area contributed by atoms with Gasteiger partial charge >= 0.3 is 0 Å². The van der Waals surface area contributed by atoms with Crippen LogP contribution in [0, 0.1) is 13.8 Å². The summed E-state index contributed by atoms with van der Waals surface area (Å²) >= 11 is 6.40. The Morgan fingerprint density at radius 3 is 2.26 bits per heavy atom. The summed E-state index contributed by atoms with van der Waals surface area (Å²) in [5.41, 5.74) is 2.66. The number of carbonyl (C=O) groups excluding carboxylic acids is 2. The number of aryl methyl sites for hydroxylation is 2. The van der Waals surface area contributed by atoms with Crippen molar-refractivity contribution in [2.24, 2.45) is 0 Å². The van der Waals surface area contributed by atoms with Crippen molar-refractivity contribution in [3.63, 3.8) is 0 Å². The largest absolute Gasteiger partial charge is 0.497 e. The molecule has 0 spiro atoms. The lowest BCUT2D eigenvalue weighted by Gasteiger charge is -2.34. The average molecular weight is 614 g/mol. The van der Waals surface area contributed by atoms with Crippen molar-refractivity contribution < 1.29 is 22.7 Å². The Labute approximate surface area is 254 Å². The summed E-state index contributed by atoms with van der Waals surface area (Å²) in [5.74, 6) is -0.222. The predicted octanol–water partition coefficient (Wildman–Crippen LogP) is 5.88. The summed E-state index contributed by atoms with van der Waals surface area (Å²) in [5, 5.41) is 3.35. The predicted molar refractivity (Wildman–Crippen MR) is 167 cm³/mol. The summed E-state index contributed by atoms with van der Waals surface area (Å²) < 4.78 is 34.4. The van der Waals surface area contributed by atoms with E-state index in [1.54, 1.807) is 49.6 Å². The first-order chi connectivity index (χ1) is 19.9. The number of anilines is 1. The van der Waals surface area contributed by atoms with Crippen LogP contribution in [-0.2, 0) is 26.2 Å². The van der Waals surface area contributed by atoms with Crippen molar-refractivity contribution >= 4 is 39.1 Å². The number of halogens is 1. The zero-order valence-electron chi connectivity index (χ0n) is 25.1. The maximum Gasteiger partial charge on any atom is 0.264 e. The third-order valence-electron chi connectivity index (χ3n) is 7.21. The van der Waals surface area contributed by atoms with Gasteiger partial charge in [-0.25, -0.2) is 8.42 Å². The fraction of sp³-hybridized carbons (Fsp3) is 0.375. The van der Waals surface area contributed by atoms with Crippen molar-refractivity contribution in [1.82, 2.24) is 10.2 Å². The maximum absolute atomic E-state index is 14.2. The normalized spacial score (nSPS) is 12.7.